The number of hydrogen-bond acceptors (Lipinski definition) is 4. The maximum Gasteiger partial charge on any atom is 0.213 e. The first-order valence-electron chi connectivity index (χ1n) is 6.59. The Morgan fingerprint density at radius 3 is 2.75 bits per heavy atom. The molecule has 0 bridgehead atoms. The van der Waals surface area contributed by atoms with Crippen LogP contribution in [0, 0.1) is 6.92 Å². The van der Waals surface area contributed by atoms with Crippen molar-refractivity contribution in [1.82, 2.24) is 4.98 Å². The summed E-state index contributed by atoms with van der Waals surface area (Å²) in [6, 6.07) is 11.6. The summed E-state index contributed by atoms with van der Waals surface area (Å²) in [4.78, 5) is 4.32. The molecule has 0 unspecified atom stereocenters. The summed E-state index contributed by atoms with van der Waals surface area (Å²) in [5.41, 5.74) is 8.92. The fourth-order valence-electron chi connectivity index (χ4n) is 1.95. The van der Waals surface area contributed by atoms with Crippen molar-refractivity contribution >= 4 is 0 Å². The molecule has 2 aromatic rings. The van der Waals surface area contributed by atoms with E-state index in [1.54, 1.807) is 7.11 Å². The van der Waals surface area contributed by atoms with Crippen molar-refractivity contribution in [2.24, 2.45) is 5.73 Å². The minimum Gasteiger partial charge on any atom is -0.487 e. The summed E-state index contributed by atoms with van der Waals surface area (Å²) in [6.07, 6.45) is 0. The Balaban J connectivity index is 2.15. The van der Waals surface area contributed by atoms with Crippen molar-refractivity contribution in [2.75, 3.05) is 7.11 Å². The van der Waals surface area contributed by atoms with Gasteiger partial charge in [0.25, 0.3) is 0 Å². The number of pyridine rings is 1. The van der Waals surface area contributed by atoms with Crippen LogP contribution in [0.3, 0.4) is 0 Å². The average molecular weight is 272 g/mol. The summed E-state index contributed by atoms with van der Waals surface area (Å²) in [6.45, 7) is 4.36. The Hall–Kier alpha value is -2.07. The topological polar surface area (TPSA) is 57.4 Å². The molecule has 2 rings (SSSR count). The number of aromatic nitrogens is 1. The fraction of sp³-hybridized carbons (Fsp3) is 0.312. The van der Waals surface area contributed by atoms with E-state index in [1.165, 1.54) is 0 Å². The lowest BCUT2D eigenvalue weighted by molar-refractivity contribution is 0.293. The molecule has 2 N–H and O–H groups in total. The van der Waals surface area contributed by atoms with Crippen molar-refractivity contribution in [1.29, 1.82) is 0 Å². The second kappa shape index (κ2) is 6.39. The van der Waals surface area contributed by atoms with E-state index in [0.29, 0.717) is 12.5 Å². The Kier molecular flexibility index (Phi) is 4.58. The third kappa shape index (κ3) is 3.48. The molecular weight excluding hydrogens is 252 g/mol. The number of rotatable bonds is 5. The third-order valence-corrected chi connectivity index (χ3v) is 3.03. The molecule has 1 atom stereocenters. The third-order valence-electron chi connectivity index (χ3n) is 3.03. The average Bonchev–Trinajstić information content (AvgIpc) is 2.45. The van der Waals surface area contributed by atoms with Gasteiger partial charge >= 0.3 is 0 Å². The predicted octanol–water partition coefficient (Wildman–Crippen LogP) is 3.00. The van der Waals surface area contributed by atoms with Gasteiger partial charge in [0.05, 0.1) is 12.8 Å². The number of nitrogens with two attached hydrogens (primary N) is 1. The first-order chi connectivity index (χ1) is 9.60. The lowest BCUT2D eigenvalue weighted by Gasteiger charge is -2.14. The Labute approximate surface area is 119 Å². The van der Waals surface area contributed by atoms with Crippen molar-refractivity contribution in [3.05, 3.63) is 53.2 Å². The van der Waals surface area contributed by atoms with Crippen LogP contribution in [0.1, 0.15) is 29.8 Å². The first-order valence-corrected chi connectivity index (χ1v) is 6.59. The van der Waals surface area contributed by atoms with Crippen LogP contribution < -0.4 is 15.2 Å². The van der Waals surface area contributed by atoms with Crippen molar-refractivity contribution in [3.63, 3.8) is 0 Å². The summed E-state index contributed by atoms with van der Waals surface area (Å²) < 4.78 is 11.0. The van der Waals surface area contributed by atoms with E-state index in [2.05, 4.69) is 4.98 Å². The summed E-state index contributed by atoms with van der Waals surface area (Å²) in [5.74, 6) is 1.40. The summed E-state index contributed by atoms with van der Waals surface area (Å²) in [5, 5.41) is 0. The quantitative estimate of drug-likeness (QED) is 0.909. The SMILES string of the molecule is COc1cccc(COc2cc(C)ccc2[C@H](C)N)n1. The van der Waals surface area contributed by atoms with Crippen LogP contribution in [0.4, 0.5) is 0 Å². The largest absolute Gasteiger partial charge is 0.487 e. The van der Waals surface area contributed by atoms with Gasteiger partial charge in [0.1, 0.15) is 12.4 Å². The number of benzene rings is 1. The van der Waals surface area contributed by atoms with Crippen LogP contribution in [0.15, 0.2) is 36.4 Å². The minimum absolute atomic E-state index is 0.0659. The highest BCUT2D eigenvalue weighted by atomic mass is 16.5. The molecule has 4 heteroatoms. The maximum atomic E-state index is 5.96. The van der Waals surface area contributed by atoms with E-state index in [4.69, 9.17) is 15.2 Å². The zero-order chi connectivity index (χ0) is 14.5. The molecule has 0 aliphatic rings. The van der Waals surface area contributed by atoms with Gasteiger partial charge in [-0.2, -0.15) is 0 Å². The number of nitrogens with zero attached hydrogens (tertiary/aromatic N) is 1. The lowest BCUT2D eigenvalue weighted by atomic mass is 10.1. The second-order valence-corrected chi connectivity index (χ2v) is 4.79. The second-order valence-electron chi connectivity index (χ2n) is 4.79. The number of hydrogen-bond donors (Lipinski definition) is 1. The van der Waals surface area contributed by atoms with Crippen molar-refractivity contribution < 1.29 is 9.47 Å². The number of methoxy groups -OCH3 is 1. The van der Waals surface area contributed by atoms with Crippen LogP contribution in [0.25, 0.3) is 0 Å². The van der Waals surface area contributed by atoms with Crippen molar-refractivity contribution in [2.45, 2.75) is 26.5 Å². The molecule has 0 fully saturated rings. The van der Waals surface area contributed by atoms with Gasteiger partial charge in [-0.25, -0.2) is 4.98 Å². The van der Waals surface area contributed by atoms with Gasteiger partial charge in [0.15, 0.2) is 0 Å². The monoisotopic (exact) mass is 272 g/mol. The van der Waals surface area contributed by atoms with Gasteiger partial charge in [-0.15, -0.1) is 0 Å². The first kappa shape index (κ1) is 14.3. The Bertz CT molecular complexity index is 582. The standard InChI is InChI=1S/C16H20N2O2/c1-11-7-8-14(12(2)17)15(9-11)20-10-13-5-4-6-16(18-13)19-3/h4-9,12H,10,17H2,1-3H3/t12-/m0/s1. The van der Waals surface area contributed by atoms with Gasteiger partial charge in [-0.3, -0.25) is 0 Å². The molecule has 4 nitrogen and oxygen atoms in total. The Morgan fingerprint density at radius 2 is 2.05 bits per heavy atom. The Morgan fingerprint density at radius 1 is 1.25 bits per heavy atom. The van der Waals surface area contributed by atoms with Crippen LogP contribution in [-0.2, 0) is 6.61 Å². The molecule has 0 aliphatic carbocycles. The minimum atomic E-state index is -0.0659. The van der Waals surface area contributed by atoms with E-state index in [0.717, 1.165) is 22.6 Å². The van der Waals surface area contributed by atoms with Gasteiger partial charge in [-0.1, -0.05) is 18.2 Å². The van der Waals surface area contributed by atoms with E-state index >= 15 is 0 Å². The lowest BCUT2D eigenvalue weighted by Crippen LogP contribution is -2.08. The van der Waals surface area contributed by atoms with Crippen LogP contribution in [-0.4, -0.2) is 12.1 Å². The molecule has 0 spiro atoms. The molecule has 106 valence electrons. The van der Waals surface area contributed by atoms with Gasteiger partial charge in [0, 0.05) is 17.7 Å². The molecule has 0 aliphatic heterocycles. The van der Waals surface area contributed by atoms with E-state index in [1.807, 2.05) is 50.2 Å². The van der Waals surface area contributed by atoms with Gasteiger partial charge in [0.2, 0.25) is 5.88 Å². The van der Waals surface area contributed by atoms with Crippen LogP contribution in [0.5, 0.6) is 11.6 Å². The van der Waals surface area contributed by atoms with Gasteiger partial charge in [-0.05, 0) is 31.5 Å². The predicted molar refractivity (Wildman–Crippen MR) is 78.9 cm³/mol. The smallest absolute Gasteiger partial charge is 0.213 e. The van der Waals surface area contributed by atoms with E-state index in [-0.39, 0.29) is 6.04 Å². The molecule has 0 radical (unpaired) electrons. The summed E-state index contributed by atoms with van der Waals surface area (Å²) >= 11 is 0. The molecule has 0 saturated heterocycles. The zero-order valence-corrected chi connectivity index (χ0v) is 12.1. The highest BCUT2D eigenvalue weighted by molar-refractivity contribution is 5.39. The van der Waals surface area contributed by atoms with Crippen LogP contribution >= 0.6 is 0 Å². The maximum absolute atomic E-state index is 5.96. The normalized spacial score (nSPS) is 12.0. The molecule has 0 amide bonds. The number of ether oxygens (including phenoxy) is 2. The summed E-state index contributed by atoms with van der Waals surface area (Å²) in [7, 11) is 1.60. The highest BCUT2D eigenvalue weighted by Crippen LogP contribution is 2.26. The molecule has 1 aromatic carbocycles. The molecule has 0 saturated carbocycles. The fourth-order valence-corrected chi connectivity index (χ4v) is 1.95. The molecular formula is C16H20N2O2. The van der Waals surface area contributed by atoms with Crippen molar-refractivity contribution in [3.8, 4) is 11.6 Å². The molecule has 1 aromatic heterocycles. The van der Waals surface area contributed by atoms with Crippen LogP contribution in [0.2, 0.25) is 0 Å². The molecule has 20 heavy (non-hydrogen) atoms. The highest BCUT2D eigenvalue weighted by Gasteiger charge is 2.09. The van der Waals surface area contributed by atoms with Gasteiger partial charge < -0.3 is 15.2 Å². The number of aryl methyl sites for hydroxylation is 1. The zero-order valence-electron chi connectivity index (χ0n) is 12.1. The molecule has 1 heterocycles. The van der Waals surface area contributed by atoms with E-state index < -0.39 is 0 Å². The van der Waals surface area contributed by atoms with E-state index in [9.17, 15) is 0 Å².